The molecule has 1 aliphatic rings. The van der Waals surface area contributed by atoms with Crippen molar-refractivity contribution in [3.8, 4) is 11.8 Å². The summed E-state index contributed by atoms with van der Waals surface area (Å²) in [6, 6.07) is 3.78. The van der Waals surface area contributed by atoms with E-state index < -0.39 is 0 Å². The van der Waals surface area contributed by atoms with E-state index >= 15 is 0 Å². The summed E-state index contributed by atoms with van der Waals surface area (Å²) < 4.78 is 0. The highest BCUT2D eigenvalue weighted by molar-refractivity contribution is 7.13. The van der Waals surface area contributed by atoms with Gasteiger partial charge in [0.25, 0.3) is 11.8 Å². The molecule has 23 heavy (non-hydrogen) atoms. The van der Waals surface area contributed by atoms with Crippen LogP contribution in [0.3, 0.4) is 0 Å². The molecule has 1 aromatic heterocycles. The van der Waals surface area contributed by atoms with Crippen LogP contribution in [0, 0.1) is 18.8 Å². The Balaban J connectivity index is 1.81. The lowest BCUT2D eigenvalue weighted by Crippen LogP contribution is -2.60. The van der Waals surface area contributed by atoms with Gasteiger partial charge in [-0.25, -0.2) is 0 Å². The SMILES string of the molecule is Cc1ccc(C(=O)N2CC(NC(=O)C#CC(C)(C)N(C)C)C2)s1. The van der Waals surface area contributed by atoms with Crippen LogP contribution in [0.1, 0.15) is 28.4 Å². The lowest BCUT2D eigenvalue weighted by atomic mass is 10.1. The van der Waals surface area contributed by atoms with Gasteiger partial charge >= 0.3 is 0 Å². The van der Waals surface area contributed by atoms with Gasteiger partial charge in [0.15, 0.2) is 0 Å². The smallest absolute Gasteiger partial charge is 0.296 e. The van der Waals surface area contributed by atoms with E-state index in [1.54, 1.807) is 4.90 Å². The molecule has 0 atom stereocenters. The lowest BCUT2D eigenvalue weighted by molar-refractivity contribution is -0.117. The van der Waals surface area contributed by atoms with Crippen LogP contribution in [0.25, 0.3) is 0 Å². The third-order valence-electron chi connectivity index (χ3n) is 4.06. The quantitative estimate of drug-likeness (QED) is 0.850. The largest absolute Gasteiger partial charge is 0.339 e. The average Bonchev–Trinajstić information content (AvgIpc) is 2.86. The molecule has 0 bridgehead atoms. The van der Waals surface area contributed by atoms with Gasteiger partial charge in [0, 0.05) is 18.0 Å². The van der Waals surface area contributed by atoms with Gasteiger partial charge in [-0.1, -0.05) is 5.92 Å². The number of rotatable bonds is 3. The van der Waals surface area contributed by atoms with Crippen LogP contribution in [0.5, 0.6) is 0 Å². The summed E-state index contributed by atoms with van der Waals surface area (Å²) in [7, 11) is 3.85. The molecule has 0 unspecified atom stereocenters. The van der Waals surface area contributed by atoms with Gasteiger partial charge in [-0.2, -0.15) is 0 Å². The standard InChI is InChI=1S/C17H23N3O2S/c1-12-6-7-14(23-12)16(22)20-10-13(11-20)18-15(21)8-9-17(2,3)19(4)5/h6-7,13H,10-11H2,1-5H3,(H,18,21). The van der Waals surface area contributed by atoms with Crippen molar-refractivity contribution >= 4 is 23.2 Å². The molecule has 1 N–H and O–H groups in total. The summed E-state index contributed by atoms with van der Waals surface area (Å²) in [5.41, 5.74) is -0.351. The monoisotopic (exact) mass is 333 g/mol. The molecular weight excluding hydrogens is 310 g/mol. The first kappa shape index (κ1) is 17.5. The molecule has 2 amide bonds. The molecule has 0 aliphatic carbocycles. The van der Waals surface area contributed by atoms with Crippen LogP contribution in [0.2, 0.25) is 0 Å². The van der Waals surface area contributed by atoms with Crippen molar-refractivity contribution in [3.05, 3.63) is 21.9 Å². The molecule has 0 aromatic carbocycles. The summed E-state index contributed by atoms with van der Waals surface area (Å²) in [5, 5.41) is 2.85. The first-order valence-electron chi connectivity index (χ1n) is 7.56. The maximum Gasteiger partial charge on any atom is 0.296 e. The minimum atomic E-state index is -0.351. The third kappa shape index (κ3) is 4.34. The van der Waals surface area contributed by atoms with Gasteiger partial charge in [0.1, 0.15) is 0 Å². The van der Waals surface area contributed by atoms with E-state index in [0.29, 0.717) is 13.1 Å². The molecule has 2 heterocycles. The van der Waals surface area contributed by atoms with Gasteiger partial charge in [0.05, 0.1) is 16.5 Å². The number of hydrogen-bond acceptors (Lipinski definition) is 4. The fourth-order valence-corrected chi connectivity index (χ4v) is 2.82. The van der Waals surface area contributed by atoms with E-state index in [2.05, 4.69) is 17.2 Å². The van der Waals surface area contributed by atoms with E-state index in [1.807, 2.05) is 51.9 Å². The number of nitrogens with zero attached hydrogens (tertiary/aromatic N) is 2. The predicted octanol–water partition coefficient (Wildman–Crippen LogP) is 1.34. The van der Waals surface area contributed by atoms with Crippen molar-refractivity contribution in [1.82, 2.24) is 15.1 Å². The van der Waals surface area contributed by atoms with Crippen LogP contribution in [0.15, 0.2) is 12.1 Å². The first-order chi connectivity index (χ1) is 10.7. The highest BCUT2D eigenvalue weighted by atomic mass is 32.1. The van der Waals surface area contributed by atoms with Crippen LogP contribution in [-0.4, -0.2) is 60.4 Å². The zero-order valence-electron chi connectivity index (χ0n) is 14.3. The topological polar surface area (TPSA) is 52.7 Å². The molecule has 2 rings (SSSR count). The molecule has 1 saturated heterocycles. The zero-order valence-corrected chi connectivity index (χ0v) is 15.1. The Kier molecular flexibility index (Phi) is 5.12. The zero-order chi connectivity index (χ0) is 17.2. The fourth-order valence-electron chi connectivity index (χ4n) is 1.98. The Labute approximate surface area is 141 Å². The van der Waals surface area contributed by atoms with Crippen LogP contribution in [0.4, 0.5) is 0 Å². The number of hydrogen-bond donors (Lipinski definition) is 1. The fraction of sp³-hybridized carbons (Fsp3) is 0.529. The van der Waals surface area contributed by atoms with E-state index in [-0.39, 0.29) is 23.4 Å². The second-order valence-corrected chi connectivity index (χ2v) is 7.78. The van der Waals surface area contributed by atoms with Gasteiger partial charge < -0.3 is 10.2 Å². The molecule has 0 radical (unpaired) electrons. The summed E-state index contributed by atoms with van der Waals surface area (Å²) in [6.07, 6.45) is 0. The number of thiophene rings is 1. The number of carbonyl (C=O) groups is 2. The van der Waals surface area contributed by atoms with Gasteiger partial charge in [-0.05, 0) is 52.9 Å². The lowest BCUT2D eigenvalue weighted by Gasteiger charge is -2.38. The third-order valence-corrected chi connectivity index (χ3v) is 5.04. The Hall–Kier alpha value is -1.84. The van der Waals surface area contributed by atoms with E-state index in [4.69, 9.17) is 0 Å². The van der Waals surface area contributed by atoms with Crippen molar-refractivity contribution in [2.75, 3.05) is 27.2 Å². The Morgan fingerprint density at radius 3 is 2.52 bits per heavy atom. The molecule has 0 saturated carbocycles. The molecule has 1 aliphatic heterocycles. The highest BCUT2D eigenvalue weighted by Crippen LogP contribution is 2.20. The van der Waals surface area contributed by atoms with Crippen molar-refractivity contribution in [2.24, 2.45) is 0 Å². The Morgan fingerprint density at radius 1 is 1.35 bits per heavy atom. The maximum atomic E-state index is 12.2. The average molecular weight is 333 g/mol. The van der Waals surface area contributed by atoms with Crippen LogP contribution < -0.4 is 5.32 Å². The highest BCUT2D eigenvalue weighted by Gasteiger charge is 2.32. The molecule has 5 nitrogen and oxygen atoms in total. The number of amides is 2. The summed E-state index contributed by atoms with van der Waals surface area (Å²) in [5.74, 6) is 5.35. The molecular formula is C17H23N3O2S. The summed E-state index contributed by atoms with van der Waals surface area (Å²) in [6.45, 7) is 6.98. The van der Waals surface area contributed by atoms with Gasteiger partial charge in [-0.3, -0.25) is 14.5 Å². The minimum Gasteiger partial charge on any atom is -0.339 e. The Morgan fingerprint density at radius 2 is 2.00 bits per heavy atom. The molecule has 0 spiro atoms. The number of aryl methyl sites for hydroxylation is 1. The summed E-state index contributed by atoms with van der Waals surface area (Å²) >= 11 is 1.50. The van der Waals surface area contributed by atoms with E-state index in [1.165, 1.54) is 11.3 Å². The van der Waals surface area contributed by atoms with E-state index in [0.717, 1.165) is 9.75 Å². The van der Waals surface area contributed by atoms with Gasteiger partial charge in [-0.15, -0.1) is 11.3 Å². The van der Waals surface area contributed by atoms with Crippen LogP contribution >= 0.6 is 11.3 Å². The second-order valence-electron chi connectivity index (χ2n) is 6.49. The number of likely N-dealkylation sites (tertiary alicyclic amines) is 1. The Bertz CT molecular complexity index is 661. The molecule has 1 aromatic rings. The van der Waals surface area contributed by atoms with Crippen molar-refractivity contribution in [3.63, 3.8) is 0 Å². The molecule has 124 valence electrons. The molecule has 6 heteroatoms. The van der Waals surface area contributed by atoms with Crippen LogP contribution in [-0.2, 0) is 4.79 Å². The maximum absolute atomic E-state index is 12.2. The van der Waals surface area contributed by atoms with Crippen molar-refractivity contribution in [1.29, 1.82) is 0 Å². The van der Waals surface area contributed by atoms with Gasteiger partial charge in [0.2, 0.25) is 0 Å². The minimum absolute atomic E-state index is 0.00993. The molecule has 1 fully saturated rings. The van der Waals surface area contributed by atoms with Crippen molar-refractivity contribution in [2.45, 2.75) is 32.4 Å². The van der Waals surface area contributed by atoms with E-state index in [9.17, 15) is 9.59 Å². The first-order valence-corrected chi connectivity index (χ1v) is 8.37. The second kappa shape index (κ2) is 6.73. The predicted molar refractivity (Wildman–Crippen MR) is 92.4 cm³/mol. The number of nitrogens with one attached hydrogen (secondary N) is 1. The van der Waals surface area contributed by atoms with Crippen molar-refractivity contribution < 1.29 is 9.59 Å². The number of carbonyl (C=O) groups excluding carboxylic acids is 2. The normalized spacial score (nSPS) is 15.0. The summed E-state index contributed by atoms with van der Waals surface area (Å²) in [4.78, 5) is 29.6.